The van der Waals surface area contributed by atoms with E-state index in [4.69, 9.17) is 4.42 Å². The van der Waals surface area contributed by atoms with E-state index in [1.807, 2.05) is 6.92 Å². The fourth-order valence-electron chi connectivity index (χ4n) is 3.26. The van der Waals surface area contributed by atoms with E-state index in [0.29, 0.717) is 12.0 Å². The Hall–Kier alpha value is -2.82. The third-order valence-electron chi connectivity index (χ3n) is 4.82. The van der Waals surface area contributed by atoms with Crippen LogP contribution in [0.2, 0.25) is 0 Å². The monoisotopic (exact) mass is 492 g/mol. The molecular formula is C22H18F6O4S. The minimum absolute atomic E-state index is 0.148. The molecule has 1 atom stereocenters. The van der Waals surface area contributed by atoms with Crippen LogP contribution in [0.3, 0.4) is 0 Å². The Balaban J connectivity index is 2.03. The minimum atomic E-state index is -5.11. The topological polar surface area (TPSA) is 56.5 Å². The predicted octanol–water partition coefficient (Wildman–Crippen LogP) is 6.77. The predicted molar refractivity (Wildman–Crippen MR) is 111 cm³/mol. The van der Waals surface area contributed by atoms with Crippen LogP contribution >= 0.6 is 0 Å². The molecule has 11 heteroatoms. The lowest BCUT2D eigenvalue weighted by Gasteiger charge is -2.15. The van der Waals surface area contributed by atoms with Crippen molar-refractivity contribution in [3.05, 3.63) is 64.0 Å². The lowest BCUT2D eigenvalue weighted by Crippen LogP contribution is -2.20. The highest BCUT2D eigenvalue weighted by atomic mass is 32.2. The molecule has 0 aliphatic carbocycles. The molecular weight excluding hydrogens is 474 g/mol. The van der Waals surface area contributed by atoms with E-state index in [1.165, 1.54) is 18.2 Å². The van der Waals surface area contributed by atoms with Crippen molar-refractivity contribution >= 4 is 22.0 Å². The van der Waals surface area contributed by atoms with E-state index in [-0.39, 0.29) is 22.1 Å². The summed E-state index contributed by atoms with van der Waals surface area (Å²) in [7, 11) is 0. The van der Waals surface area contributed by atoms with Crippen LogP contribution in [0.15, 0.2) is 51.7 Å². The van der Waals surface area contributed by atoms with Crippen molar-refractivity contribution in [1.29, 1.82) is 0 Å². The van der Waals surface area contributed by atoms with Crippen LogP contribution in [-0.2, 0) is 23.7 Å². The molecule has 178 valence electrons. The molecule has 1 aromatic heterocycles. The van der Waals surface area contributed by atoms with Crippen LogP contribution in [0.1, 0.15) is 37.3 Å². The highest BCUT2D eigenvalue weighted by Gasteiger charge is 2.40. The summed E-state index contributed by atoms with van der Waals surface area (Å²) in [5.74, 6) is -0.485. The zero-order chi connectivity index (χ0) is 24.4. The van der Waals surface area contributed by atoms with Gasteiger partial charge in [0.1, 0.15) is 11.3 Å². The Labute approximate surface area is 186 Å². The van der Waals surface area contributed by atoms with Gasteiger partial charge in [-0.05, 0) is 42.7 Å². The number of alkyl halides is 6. The number of aryl methyl sites for hydroxylation is 1. The molecule has 0 amide bonds. The first-order valence-corrected chi connectivity index (χ1v) is 10.9. The summed E-state index contributed by atoms with van der Waals surface area (Å²) in [5, 5.41) is 0.148. The van der Waals surface area contributed by atoms with Gasteiger partial charge in [-0.2, -0.15) is 26.3 Å². The summed E-state index contributed by atoms with van der Waals surface area (Å²) in [6.45, 7) is 1.98. The average molecular weight is 492 g/mol. The quantitative estimate of drug-likeness (QED) is 0.207. The highest BCUT2D eigenvalue weighted by molar-refractivity contribution is 7.81. The van der Waals surface area contributed by atoms with E-state index < -0.39 is 39.7 Å². The zero-order valence-electron chi connectivity index (χ0n) is 17.2. The van der Waals surface area contributed by atoms with Crippen LogP contribution in [0.5, 0.6) is 5.75 Å². The van der Waals surface area contributed by atoms with Crippen molar-refractivity contribution in [3.63, 3.8) is 0 Å². The van der Waals surface area contributed by atoms with E-state index in [2.05, 4.69) is 4.18 Å². The number of hydrogen-bond acceptors (Lipinski definition) is 4. The molecule has 1 unspecified atom stereocenters. The Morgan fingerprint density at radius 3 is 2.30 bits per heavy atom. The SMILES string of the molecule is CCCCCc1ccc(-c2cc3ccc(OS(=O)C(F)(F)F)cc3oc2=O)c(C(F)(F)F)c1. The van der Waals surface area contributed by atoms with Gasteiger partial charge in [0.2, 0.25) is 0 Å². The van der Waals surface area contributed by atoms with Crippen molar-refractivity contribution in [2.75, 3.05) is 0 Å². The van der Waals surface area contributed by atoms with Gasteiger partial charge < -0.3 is 8.60 Å². The minimum Gasteiger partial charge on any atom is -0.422 e. The summed E-state index contributed by atoms with van der Waals surface area (Å²) in [5.41, 5.74) is -7.66. The number of fused-ring (bicyclic) bond motifs is 1. The van der Waals surface area contributed by atoms with E-state index in [1.54, 1.807) is 0 Å². The molecule has 33 heavy (non-hydrogen) atoms. The molecule has 3 rings (SSSR count). The van der Waals surface area contributed by atoms with E-state index in [0.717, 1.165) is 43.5 Å². The van der Waals surface area contributed by atoms with Gasteiger partial charge in [0.05, 0.1) is 11.1 Å². The summed E-state index contributed by atoms with van der Waals surface area (Å²) in [6.07, 6.45) is -1.74. The van der Waals surface area contributed by atoms with E-state index in [9.17, 15) is 35.3 Å². The van der Waals surface area contributed by atoms with Gasteiger partial charge in [0.25, 0.3) is 0 Å². The molecule has 0 fully saturated rings. The number of rotatable bonds is 7. The smallest absolute Gasteiger partial charge is 0.422 e. The molecule has 0 N–H and O–H groups in total. The number of halogens is 6. The van der Waals surface area contributed by atoms with Gasteiger partial charge in [-0.15, -0.1) is 0 Å². The maximum Gasteiger partial charge on any atom is 0.508 e. The van der Waals surface area contributed by atoms with Gasteiger partial charge in [0.15, 0.2) is 0 Å². The maximum atomic E-state index is 13.7. The third kappa shape index (κ3) is 5.95. The average Bonchev–Trinajstić information content (AvgIpc) is 2.72. The summed E-state index contributed by atoms with van der Waals surface area (Å²) >= 11 is -3.63. The van der Waals surface area contributed by atoms with Crippen molar-refractivity contribution in [2.24, 2.45) is 0 Å². The zero-order valence-corrected chi connectivity index (χ0v) is 18.0. The number of hydrogen-bond donors (Lipinski definition) is 0. The molecule has 2 aromatic carbocycles. The van der Waals surface area contributed by atoms with Crippen LogP contribution in [0.25, 0.3) is 22.1 Å². The second-order valence-corrected chi connectivity index (χ2v) is 8.34. The van der Waals surface area contributed by atoms with Crippen LogP contribution in [0, 0.1) is 0 Å². The molecule has 1 heterocycles. The molecule has 3 aromatic rings. The third-order valence-corrected chi connectivity index (χ3v) is 5.54. The Morgan fingerprint density at radius 2 is 1.67 bits per heavy atom. The van der Waals surface area contributed by atoms with Gasteiger partial charge in [-0.25, -0.2) is 9.00 Å². The second kappa shape index (κ2) is 9.58. The Kier molecular flexibility index (Phi) is 7.20. The fraction of sp³-hybridized carbons (Fsp3) is 0.318. The van der Waals surface area contributed by atoms with Gasteiger partial charge in [-0.3, -0.25) is 0 Å². The Bertz CT molecular complexity index is 1230. The molecule has 4 nitrogen and oxygen atoms in total. The van der Waals surface area contributed by atoms with Gasteiger partial charge >= 0.3 is 28.4 Å². The maximum absolute atomic E-state index is 13.7. The fourth-order valence-corrected chi connectivity index (χ4v) is 3.63. The number of unbranched alkanes of at least 4 members (excludes halogenated alkanes) is 2. The van der Waals surface area contributed by atoms with E-state index >= 15 is 0 Å². The lowest BCUT2D eigenvalue weighted by molar-refractivity contribution is -0.137. The number of benzene rings is 2. The van der Waals surface area contributed by atoms with Crippen LogP contribution < -0.4 is 9.81 Å². The first-order chi connectivity index (χ1) is 15.4. The van der Waals surface area contributed by atoms with Crippen molar-refractivity contribution < 1.29 is 39.2 Å². The first kappa shape index (κ1) is 24.8. The molecule has 0 saturated carbocycles. The molecule has 0 radical (unpaired) electrons. The molecule has 0 saturated heterocycles. The lowest BCUT2D eigenvalue weighted by atomic mass is 9.95. The largest absolute Gasteiger partial charge is 0.508 e. The first-order valence-electron chi connectivity index (χ1n) is 9.85. The standard InChI is InChI=1S/C22H18F6O4S/c1-2-3-4-5-13-6-9-16(18(10-13)21(23,24)25)17-11-14-7-8-15(12-19(14)31-20(17)29)32-33(30)22(26,27)28/h6-12H,2-5H2,1H3. The van der Waals surface area contributed by atoms with Crippen molar-refractivity contribution in [3.8, 4) is 16.9 Å². The molecule has 0 spiro atoms. The van der Waals surface area contributed by atoms with Crippen molar-refractivity contribution in [2.45, 2.75) is 44.3 Å². The Morgan fingerprint density at radius 1 is 0.939 bits per heavy atom. The summed E-state index contributed by atoms with van der Waals surface area (Å²) in [6, 6.07) is 8.05. The van der Waals surface area contributed by atoms with Crippen molar-refractivity contribution in [1.82, 2.24) is 0 Å². The second-order valence-electron chi connectivity index (χ2n) is 7.25. The highest BCUT2D eigenvalue weighted by Crippen LogP contribution is 2.38. The van der Waals surface area contributed by atoms with Gasteiger partial charge in [0, 0.05) is 17.0 Å². The molecule has 0 aliphatic heterocycles. The van der Waals surface area contributed by atoms with Crippen LogP contribution in [0.4, 0.5) is 26.3 Å². The summed E-state index contributed by atoms with van der Waals surface area (Å²) in [4.78, 5) is 12.5. The molecule has 0 bridgehead atoms. The van der Waals surface area contributed by atoms with Gasteiger partial charge in [-0.1, -0.05) is 31.9 Å². The summed E-state index contributed by atoms with van der Waals surface area (Å²) < 4.78 is 98.9. The molecule has 0 aliphatic rings. The van der Waals surface area contributed by atoms with Crippen LogP contribution in [-0.4, -0.2) is 9.72 Å². The normalized spacial score (nSPS) is 13.3.